The fourth-order valence-electron chi connectivity index (χ4n) is 2.84. The molecule has 0 aromatic heterocycles. The molecule has 0 bridgehead atoms. The van der Waals surface area contributed by atoms with E-state index in [1.165, 1.54) is 0 Å². The Morgan fingerprint density at radius 3 is 2.10 bits per heavy atom. The van der Waals surface area contributed by atoms with Gasteiger partial charge in [0.2, 0.25) is 0 Å². The molecule has 2 N–H and O–H groups in total. The van der Waals surface area contributed by atoms with Gasteiger partial charge in [-0.2, -0.15) is 0 Å². The molecule has 0 aliphatic carbocycles. The second-order valence-corrected chi connectivity index (χ2v) is 8.17. The van der Waals surface area contributed by atoms with Gasteiger partial charge in [-0.05, 0) is 76.8 Å². The number of amides is 2. The molecule has 0 aliphatic rings. The topological polar surface area (TPSA) is 79.9 Å². The quantitative estimate of drug-likeness (QED) is 0.715. The minimum atomic E-state index is -0.573. The average Bonchev–Trinajstić information content (AvgIpc) is 2.67. The van der Waals surface area contributed by atoms with E-state index in [1.807, 2.05) is 38.4 Å². The second kappa shape index (κ2) is 10.1. The summed E-state index contributed by atoms with van der Waals surface area (Å²) in [7, 11) is 5.57. The Kier molecular flexibility index (Phi) is 7.83. The number of carbonyl (C=O) groups excluding carboxylic acids is 2. The van der Waals surface area contributed by atoms with E-state index in [0.717, 1.165) is 11.3 Å². The van der Waals surface area contributed by atoms with Gasteiger partial charge in [0, 0.05) is 17.8 Å². The van der Waals surface area contributed by atoms with Gasteiger partial charge in [-0.3, -0.25) is 10.1 Å². The Bertz CT molecular complexity index is 840. The molecule has 30 heavy (non-hydrogen) atoms. The Morgan fingerprint density at radius 1 is 1.00 bits per heavy atom. The Balaban J connectivity index is 1.96. The van der Waals surface area contributed by atoms with Gasteiger partial charge >= 0.3 is 6.09 Å². The molecule has 0 saturated heterocycles. The van der Waals surface area contributed by atoms with E-state index in [2.05, 4.69) is 15.5 Å². The van der Waals surface area contributed by atoms with Gasteiger partial charge in [-0.25, -0.2) is 4.79 Å². The van der Waals surface area contributed by atoms with Gasteiger partial charge in [0.15, 0.2) is 0 Å². The van der Waals surface area contributed by atoms with Crippen LogP contribution in [0.1, 0.15) is 42.7 Å². The van der Waals surface area contributed by atoms with Crippen LogP contribution in [0, 0.1) is 0 Å². The first-order valence-corrected chi connectivity index (χ1v) is 9.77. The zero-order chi connectivity index (χ0) is 22.3. The molecule has 162 valence electrons. The number of hydrogen-bond donors (Lipinski definition) is 2. The molecular weight excluding hydrogens is 382 g/mol. The van der Waals surface area contributed by atoms with E-state index in [0.29, 0.717) is 17.8 Å². The average molecular weight is 414 g/mol. The Hall–Kier alpha value is -3.06. The first kappa shape index (κ1) is 23.2. The lowest BCUT2D eigenvalue weighted by atomic mass is 10.1. The molecule has 0 saturated carbocycles. The Morgan fingerprint density at radius 2 is 1.60 bits per heavy atom. The third kappa shape index (κ3) is 7.08. The van der Waals surface area contributed by atoms with Crippen molar-refractivity contribution in [3.8, 4) is 5.75 Å². The van der Waals surface area contributed by atoms with Crippen molar-refractivity contribution in [1.29, 1.82) is 0 Å². The normalized spacial score (nSPS) is 12.2. The second-order valence-electron chi connectivity index (χ2n) is 8.17. The zero-order valence-electron chi connectivity index (χ0n) is 18.5. The van der Waals surface area contributed by atoms with Crippen LogP contribution in [0.2, 0.25) is 0 Å². The molecule has 7 heteroatoms. The highest BCUT2D eigenvalue weighted by Crippen LogP contribution is 2.21. The van der Waals surface area contributed by atoms with Crippen LogP contribution in [0.15, 0.2) is 48.5 Å². The van der Waals surface area contributed by atoms with Gasteiger partial charge in [0.1, 0.15) is 11.4 Å². The van der Waals surface area contributed by atoms with Crippen molar-refractivity contribution < 1.29 is 19.1 Å². The predicted octanol–water partition coefficient (Wildman–Crippen LogP) is 4.07. The van der Waals surface area contributed by atoms with Crippen molar-refractivity contribution in [3.05, 3.63) is 59.7 Å². The molecule has 0 heterocycles. The number of anilines is 1. The number of nitrogens with one attached hydrogen (secondary N) is 2. The smallest absolute Gasteiger partial charge is 0.412 e. The monoisotopic (exact) mass is 413 g/mol. The van der Waals surface area contributed by atoms with Crippen molar-refractivity contribution in [2.75, 3.05) is 33.1 Å². The van der Waals surface area contributed by atoms with Crippen LogP contribution in [0.3, 0.4) is 0 Å². The van der Waals surface area contributed by atoms with Crippen LogP contribution in [0.25, 0.3) is 0 Å². The SMILES string of the molecule is COc1ccc([C@H](CNC(=O)c2ccc(NC(=O)OC(C)(C)C)cc2)N(C)C)cc1. The van der Waals surface area contributed by atoms with E-state index in [9.17, 15) is 9.59 Å². The number of hydrogen-bond acceptors (Lipinski definition) is 5. The summed E-state index contributed by atoms with van der Waals surface area (Å²) in [6, 6.07) is 14.5. The van der Waals surface area contributed by atoms with E-state index in [1.54, 1.807) is 52.1 Å². The lowest BCUT2D eigenvalue weighted by Crippen LogP contribution is -2.34. The summed E-state index contributed by atoms with van der Waals surface area (Å²) < 4.78 is 10.4. The molecule has 0 unspecified atom stereocenters. The molecule has 0 fully saturated rings. The largest absolute Gasteiger partial charge is 0.497 e. The summed E-state index contributed by atoms with van der Waals surface area (Å²) in [6.45, 7) is 5.85. The third-order valence-corrected chi connectivity index (χ3v) is 4.37. The van der Waals surface area contributed by atoms with Crippen molar-refractivity contribution in [2.45, 2.75) is 32.4 Å². The highest BCUT2D eigenvalue weighted by Gasteiger charge is 2.18. The number of rotatable bonds is 7. The van der Waals surface area contributed by atoms with Gasteiger partial charge in [0.05, 0.1) is 13.2 Å². The molecule has 0 aliphatic heterocycles. The maximum atomic E-state index is 12.6. The molecule has 2 aromatic carbocycles. The standard InChI is InChI=1S/C23H31N3O4/c1-23(2,3)30-22(28)25-18-11-7-17(8-12-18)21(27)24-15-20(26(4)5)16-9-13-19(29-6)14-10-16/h7-14,20H,15H2,1-6H3,(H,24,27)(H,25,28)/t20-/m0/s1. The first-order chi connectivity index (χ1) is 14.1. The number of nitrogens with zero attached hydrogens (tertiary/aromatic N) is 1. The minimum Gasteiger partial charge on any atom is -0.497 e. The minimum absolute atomic E-state index is 0.0213. The first-order valence-electron chi connectivity index (χ1n) is 9.77. The highest BCUT2D eigenvalue weighted by atomic mass is 16.6. The maximum absolute atomic E-state index is 12.6. The van der Waals surface area contributed by atoms with E-state index in [-0.39, 0.29) is 11.9 Å². The van der Waals surface area contributed by atoms with Crippen LogP contribution in [0.4, 0.5) is 10.5 Å². The van der Waals surface area contributed by atoms with E-state index < -0.39 is 11.7 Å². The predicted molar refractivity (Wildman–Crippen MR) is 118 cm³/mol. The van der Waals surface area contributed by atoms with Crippen LogP contribution < -0.4 is 15.4 Å². The molecule has 2 rings (SSSR count). The molecular formula is C23H31N3O4. The van der Waals surface area contributed by atoms with Crippen molar-refractivity contribution in [2.24, 2.45) is 0 Å². The van der Waals surface area contributed by atoms with Crippen molar-refractivity contribution in [3.63, 3.8) is 0 Å². The van der Waals surface area contributed by atoms with Crippen molar-refractivity contribution >= 4 is 17.7 Å². The number of likely N-dealkylation sites (N-methyl/N-ethyl adjacent to an activating group) is 1. The van der Waals surface area contributed by atoms with Gasteiger partial charge in [-0.15, -0.1) is 0 Å². The summed E-state index contributed by atoms with van der Waals surface area (Å²) in [5, 5.41) is 5.63. The Labute approximate surface area is 178 Å². The van der Waals surface area contributed by atoms with E-state index >= 15 is 0 Å². The highest BCUT2D eigenvalue weighted by molar-refractivity contribution is 5.95. The van der Waals surface area contributed by atoms with Crippen LogP contribution >= 0.6 is 0 Å². The number of carbonyl (C=O) groups is 2. The summed E-state index contributed by atoms with van der Waals surface area (Å²) in [6.07, 6.45) is -0.534. The maximum Gasteiger partial charge on any atom is 0.412 e. The number of methoxy groups -OCH3 is 1. The van der Waals surface area contributed by atoms with Gasteiger partial charge < -0.3 is 19.7 Å². The summed E-state index contributed by atoms with van der Waals surface area (Å²) in [4.78, 5) is 26.5. The number of ether oxygens (including phenoxy) is 2. The third-order valence-electron chi connectivity index (χ3n) is 4.37. The molecule has 1 atom stereocenters. The van der Waals surface area contributed by atoms with Crippen LogP contribution in [0.5, 0.6) is 5.75 Å². The molecule has 0 radical (unpaired) electrons. The number of benzene rings is 2. The molecule has 7 nitrogen and oxygen atoms in total. The van der Waals surface area contributed by atoms with E-state index in [4.69, 9.17) is 9.47 Å². The summed E-state index contributed by atoms with van der Waals surface area (Å²) in [5.41, 5.74) is 1.58. The van der Waals surface area contributed by atoms with Crippen LogP contribution in [-0.4, -0.2) is 50.3 Å². The fraction of sp³-hybridized carbons (Fsp3) is 0.391. The molecule has 2 amide bonds. The van der Waals surface area contributed by atoms with Crippen LogP contribution in [-0.2, 0) is 4.74 Å². The zero-order valence-corrected chi connectivity index (χ0v) is 18.5. The fourth-order valence-corrected chi connectivity index (χ4v) is 2.84. The summed E-state index contributed by atoms with van der Waals surface area (Å²) >= 11 is 0. The lowest BCUT2D eigenvalue weighted by Gasteiger charge is -2.25. The lowest BCUT2D eigenvalue weighted by molar-refractivity contribution is 0.0635. The van der Waals surface area contributed by atoms with Gasteiger partial charge in [-0.1, -0.05) is 12.1 Å². The molecule has 0 spiro atoms. The van der Waals surface area contributed by atoms with Crippen molar-refractivity contribution in [1.82, 2.24) is 10.2 Å². The molecule has 2 aromatic rings. The summed E-state index contributed by atoms with van der Waals surface area (Å²) in [5.74, 6) is 0.611. The van der Waals surface area contributed by atoms with Gasteiger partial charge in [0.25, 0.3) is 5.91 Å².